The number of hydrogen-bond donors (Lipinski definition) is 0. The van der Waals surface area contributed by atoms with E-state index in [1.54, 1.807) is 0 Å². The van der Waals surface area contributed by atoms with Crippen molar-refractivity contribution in [3.8, 4) is 0 Å². The molecule has 1 atom stereocenters. The predicted molar refractivity (Wildman–Crippen MR) is 316 cm³/mol. The summed E-state index contributed by atoms with van der Waals surface area (Å²) in [7, 11) is 0. The molecule has 0 aromatic rings. The highest BCUT2D eigenvalue weighted by molar-refractivity contribution is 5.71. The standard InChI is InChI=1S/C67H120O6/c1-4-7-10-13-16-19-21-23-25-27-29-31-32-33-34-36-37-39-41-43-45-48-51-54-57-60-66(69)72-63-64(62-71-65(68)59-56-53-50-47-18-15-12-9-6-3)73-67(70)61-58-55-52-49-46-44-42-40-38-35-30-28-26-24-22-20-17-14-11-8-5-2/h21-24,27-30,38,40,64H,4-20,25-26,31-37,39,41-63H2,1-3H3/b23-21-,24-22-,29-27-,30-28-,40-38-. The van der Waals surface area contributed by atoms with Crippen molar-refractivity contribution in [2.75, 3.05) is 13.2 Å². The van der Waals surface area contributed by atoms with Crippen molar-refractivity contribution in [1.82, 2.24) is 0 Å². The summed E-state index contributed by atoms with van der Waals surface area (Å²) in [5, 5.41) is 0. The van der Waals surface area contributed by atoms with Crippen LogP contribution in [0.2, 0.25) is 0 Å². The van der Waals surface area contributed by atoms with Gasteiger partial charge >= 0.3 is 17.9 Å². The quantitative estimate of drug-likeness (QED) is 0.0261. The van der Waals surface area contributed by atoms with E-state index in [4.69, 9.17) is 14.2 Å². The van der Waals surface area contributed by atoms with E-state index in [9.17, 15) is 14.4 Å². The van der Waals surface area contributed by atoms with Crippen LogP contribution in [0, 0.1) is 0 Å². The zero-order valence-corrected chi connectivity index (χ0v) is 48.7. The largest absolute Gasteiger partial charge is 0.462 e. The molecule has 0 fully saturated rings. The normalized spacial score (nSPS) is 12.4. The van der Waals surface area contributed by atoms with Crippen LogP contribution in [0.1, 0.15) is 329 Å². The molecule has 0 rings (SSSR count). The number of rotatable bonds is 58. The number of esters is 3. The van der Waals surface area contributed by atoms with Crippen molar-refractivity contribution >= 4 is 17.9 Å². The van der Waals surface area contributed by atoms with Crippen LogP contribution in [0.5, 0.6) is 0 Å². The van der Waals surface area contributed by atoms with Crippen molar-refractivity contribution in [2.45, 2.75) is 335 Å². The van der Waals surface area contributed by atoms with E-state index >= 15 is 0 Å². The molecule has 0 aliphatic rings. The molecule has 0 aromatic heterocycles. The minimum Gasteiger partial charge on any atom is -0.462 e. The van der Waals surface area contributed by atoms with Crippen molar-refractivity contribution in [1.29, 1.82) is 0 Å². The third kappa shape index (κ3) is 59.9. The Morgan fingerprint density at radius 2 is 0.493 bits per heavy atom. The molecule has 0 spiro atoms. The molecule has 0 heterocycles. The molecule has 6 heteroatoms. The Hall–Kier alpha value is -2.89. The van der Waals surface area contributed by atoms with Gasteiger partial charge in [-0.25, -0.2) is 0 Å². The molecule has 6 nitrogen and oxygen atoms in total. The summed E-state index contributed by atoms with van der Waals surface area (Å²) < 4.78 is 16.9. The number of allylic oxidation sites excluding steroid dienone is 10. The van der Waals surface area contributed by atoms with Gasteiger partial charge in [-0.3, -0.25) is 14.4 Å². The molecule has 0 aliphatic heterocycles. The zero-order chi connectivity index (χ0) is 52.9. The summed E-state index contributed by atoms with van der Waals surface area (Å²) in [6.07, 6.45) is 78.1. The third-order valence-electron chi connectivity index (χ3n) is 14.0. The molecular formula is C67H120O6. The Balaban J connectivity index is 4.22. The summed E-state index contributed by atoms with van der Waals surface area (Å²) >= 11 is 0. The first-order valence-corrected chi connectivity index (χ1v) is 31.8. The molecule has 73 heavy (non-hydrogen) atoms. The fourth-order valence-electron chi connectivity index (χ4n) is 9.19. The lowest BCUT2D eigenvalue weighted by molar-refractivity contribution is -0.167. The van der Waals surface area contributed by atoms with E-state index in [0.29, 0.717) is 19.3 Å². The van der Waals surface area contributed by atoms with E-state index in [1.807, 2.05) is 0 Å². The molecule has 0 N–H and O–H groups in total. The molecule has 1 unspecified atom stereocenters. The van der Waals surface area contributed by atoms with Crippen molar-refractivity contribution in [2.24, 2.45) is 0 Å². The first-order chi connectivity index (χ1) is 36.0. The van der Waals surface area contributed by atoms with Crippen molar-refractivity contribution in [3.63, 3.8) is 0 Å². The van der Waals surface area contributed by atoms with Crippen LogP contribution < -0.4 is 0 Å². The van der Waals surface area contributed by atoms with Crippen LogP contribution in [0.3, 0.4) is 0 Å². The molecule has 0 aliphatic carbocycles. The van der Waals surface area contributed by atoms with Crippen LogP contribution in [0.4, 0.5) is 0 Å². The second-order valence-electron chi connectivity index (χ2n) is 21.3. The number of carbonyl (C=O) groups is 3. The van der Waals surface area contributed by atoms with Gasteiger partial charge in [-0.05, 0) is 89.9 Å². The van der Waals surface area contributed by atoms with Gasteiger partial charge in [-0.15, -0.1) is 0 Å². The fourth-order valence-corrected chi connectivity index (χ4v) is 9.19. The van der Waals surface area contributed by atoms with E-state index in [0.717, 1.165) is 83.5 Å². The Kier molecular flexibility index (Phi) is 59.2. The van der Waals surface area contributed by atoms with Crippen LogP contribution in [-0.2, 0) is 28.6 Å². The molecule has 0 amide bonds. The highest BCUT2D eigenvalue weighted by Gasteiger charge is 2.19. The Labute approximate surface area is 453 Å². The van der Waals surface area contributed by atoms with Gasteiger partial charge in [-0.2, -0.15) is 0 Å². The van der Waals surface area contributed by atoms with Crippen LogP contribution in [0.15, 0.2) is 60.8 Å². The molecule has 424 valence electrons. The SMILES string of the molecule is CCCCCCC/C=C\C/C=C\C/C=C\CCCCCCCCC(=O)OC(COC(=O)CCCCCCCCCCC)COC(=O)CCCCCCCCCCCCCCC/C=C\C/C=C\CCCCCCC. The van der Waals surface area contributed by atoms with E-state index in [1.165, 1.54) is 205 Å². The van der Waals surface area contributed by atoms with Crippen LogP contribution >= 0.6 is 0 Å². The second kappa shape index (κ2) is 61.7. The molecule has 0 radical (unpaired) electrons. The highest BCUT2D eigenvalue weighted by Crippen LogP contribution is 2.16. The molecule has 0 aromatic carbocycles. The van der Waals surface area contributed by atoms with Gasteiger partial charge in [0.2, 0.25) is 0 Å². The topological polar surface area (TPSA) is 78.9 Å². The van der Waals surface area contributed by atoms with Gasteiger partial charge < -0.3 is 14.2 Å². The summed E-state index contributed by atoms with van der Waals surface area (Å²) in [4.78, 5) is 38.2. The maximum atomic E-state index is 12.9. The number of hydrogen-bond acceptors (Lipinski definition) is 6. The lowest BCUT2D eigenvalue weighted by Crippen LogP contribution is -2.30. The van der Waals surface area contributed by atoms with E-state index in [2.05, 4.69) is 81.5 Å². The molecule has 0 saturated heterocycles. The van der Waals surface area contributed by atoms with Gasteiger partial charge in [0, 0.05) is 19.3 Å². The van der Waals surface area contributed by atoms with E-state index < -0.39 is 6.10 Å². The zero-order valence-electron chi connectivity index (χ0n) is 48.7. The summed E-state index contributed by atoms with van der Waals surface area (Å²) in [5.41, 5.74) is 0. The van der Waals surface area contributed by atoms with Gasteiger partial charge in [0.25, 0.3) is 0 Å². The Morgan fingerprint density at radius 3 is 0.767 bits per heavy atom. The van der Waals surface area contributed by atoms with Gasteiger partial charge in [-0.1, -0.05) is 281 Å². The average molecular weight is 1020 g/mol. The minimum atomic E-state index is -0.779. The lowest BCUT2D eigenvalue weighted by Gasteiger charge is -2.18. The smallest absolute Gasteiger partial charge is 0.306 e. The number of unbranched alkanes of at least 4 members (excludes halogenated alkanes) is 37. The fraction of sp³-hybridized carbons (Fsp3) is 0.806. The lowest BCUT2D eigenvalue weighted by atomic mass is 10.0. The van der Waals surface area contributed by atoms with Gasteiger partial charge in [0.05, 0.1) is 0 Å². The predicted octanol–water partition coefficient (Wildman–Crippen LogP) is 21.6. The third-order valence-corrected chi connectivity index (χ3v) is 14.0. The first-order valence-electron chi connectivity index (χ1n) is 31.8. The highest BCUT2D eigenvalue weighted by atomic mass is 16.6. The van der Waals surface area contributed by atoms with Gasteiger partial charge in [0.15, 0.2) is 6.10 Å². The average Bonchev–Trinajstić information content (AvgIpc) is 3.39. The van der Waals surface area contributed by atoms with Gasteiger partial charge in [0.1, 0.15) is 13.2 Å². The summed E-state index contributed by atoms with van der Waals surface area (Å²) in [6, 6.07) is 0. The Morgan fingerprint density at radius 1 is 0.274 bits per heavy atom. The molecular weight excluding hydrogens is 901 g/mol. The van der Waals surface area contributed by atoms with Crippen molar-refractivity contribution < 1.29 is 28.6 Å². The van der Waals surface area contributed by atoms with E-state index in [-0.39, 0.29) is 31.1 Å². The molecule has 0 bridgehead atoms. The maximum Gasteiger partial charge on any atom is 0.306 e. The minimum absolute atomic E-state index is 0.0771. The number of ether oxygens (including phenoxy) is 3. The van der Waals surface area contributed by atoms with Crippen molar-refractivity contribution in [3.05, 3.63) is 60.8 Å². The van der Waals surface area contributed by atoms with Crippen LogP contribution in [0.25, 0.3) is 0 Å². The Bertz CT molecular complexity index is 1310. The summed E-state index contributed by atoms with van der Waals surface area (Å²) in [5.74, 6) is -0.878. The van der Waals surface area contributed by atoms with Crippen LogP contribution in [-0.4, -0.2) is 37.2 Å². The first kappa shape index (κ1) is 70.1. The second-order valence-corrected chi connectivity index (χ2v) is 21.3. The monoisotopic (exact) mass is 1020 g/mol. The number of carbonyl (C=O) groups excluding carboxylic acids is 3. The maximum absolute atomic E-state index is 12.9. The summed E-state index contributed by atoms with van der Waals surface area (Å²) in [6.45, 7) is 6.62. The molecule has 0 saturated carbocycles.